The summed E-state index contributed by atoms with van der Waals surface area (Å²) in [5, 5.41) is 2.16. The Labute approximate surface area is 154 Å². The number of carbonyl (C=O) groups is 3. The second kappa shape index (κ2) is 7.12. The number of rotatable bonds is 4. The van der Waals surface area contributed by atoms with Crippen LogP contribution in [-0.4, -0.2) is 49.0 Å². The summed E-state index contributed by atoms with van der Waals surface area (Å²) in [5.41, 5.74) is -0.177. The van der Waals surface area contributed by atoms with Gasteiger partial charge in [0, 0.05) is 19.2 Å². The lowest BCUT2D eigenvalue weighted by Crippen LogP contribution is -2.53. The molecule has 0 saturated carbocycles. The molecule has 140 valence electrons. The minimum atomic E-state index is -0.785. The molecule has 0 radical (unpaired) electrons. The SMILES string of the molecule is O=C1NC(=O)N(Cc2ccco2)C(=O)/C1=C/c1ccc(N2CCOCC2)o1. The maximum Gasteiger partial charge on any atom is 0.331 e. The number of anilines is 1. The standard InChI is InChI=1S/C18H17N3O6/c22-16-14(10-12-3-4-15(27-12)20-5-8-25-9-6-20)17(23)21(18(24)19-16)11-13-2-1-7-26-13/h1-4,7,10H,5-6,8-9,11H2,(H,19,22,24)/b14-10+. The largest absolute Gasteiger partial charge is 0.467 e. The third-order valence-electron chi connectivity index (χ3n) is 4.30. The Hall–Kier alpha value is -3.33. The van der Waals surface area contributed by atoms with Crippen molar-refractivity contribution in [2.75, 3.05) is 31.2 Å². The lowest BCUT2D eigenvalue weighted by atomic mass is 10.1. The number of hydrogen-bond acceptors (Lipinski definition) is 7. The third kappa shape index (κ3) is 3.49. The first-order valence-electron chi connectivity index (χ1n) is 8.45. The molecule has 9 heteroatoms. The van der Waals surface area contributed by atoms with Gasteiger partial charge in [0.05, 0.1) is 26.0 Å². The fourth-order valence-electron chi connectivity index (χ4n) is 2.91. The van der Waals surface area contributed by atoms with Gasteiger partial charge in [0.15, 0.2) is 5.88 Å². The van der Waals surface area contributed by atoms with E-state index in [4.69, 9.17) is 13.6 Å². The van der Waals surface area contributed by atoms with Gasteiger partial charge in [-0.3, -0.25) is 19.8 Å². The smallest absolute Gasteiger partial charge is 0.331 e. The number of urea groups is 1. The Balaban J connectivity index is 1.55. The van der Waals surface area contributed by atoms with Gasteiger partial charge < -0.3 is 18.5 Å². The van der Waals surface area contributed by atoms with Crippen molar-refractivity contribution in [2.45, 2.75) is 6.54 Å². The molecule has 0 aromatic carbocycles. The topological polar surface area (TPSA) is 105 Å². The van der Waals surface area contributed by atoms with Gasteiger partial charge in [0.2, 0.25) is 0 Å². The molecule has 4 rings (SSSR count). The summed E-state index contributed by atoms with van der Waals surface area (Å²) in [6.45, 7) is 2.56. The summed E-state index contributed by atoms with van der Waals surface area (Å²) in [6, 6.07) is 5.95. The fraction of sp³-hybridized carbons (Fsp3) is 0.278. The molecule has 27 heavy (non-hydrogen) atoms. The molecule has 2 aromatic heterocycles. The number of barbiturate groups is 1. The van der Waals surface area contributed by atoms with E-state index >= 15 is 0 Å². The lowest BCUT2D eigenvalue weighted by Gasteiger charge is -2.26. The number of ether oxygens (including phenoxy) is 1. The molecular formula is C18H17N3O6. The van der Waals surface area contributed by atoms with Crippen LogP contribution in [0, 0.1) is 0 Å². The van der Waals surface area contributed by atoms with Gasteiger partial charge in [0.25, 0.3) is 11.8 Å². The predicted octanol–water partition coefficient (Wildman–Crippen LogP) is 1.37. The van der Waals surface area contributed by atoms with E-state index in [1.807, 2.05) is 4.90 Å². The molecule has 4 heterocycles. The van der Waals surface area contributed by atoms with Crippen LogP contribution in [0.5, 0.6) is 0 Å². The van der Waals surface area contributed by atoms with E-state index in [2.05, 4.69) is 5.32 Å². The minimum Gasteiger partial charge on any atom is -0.467 e. The molecule has 2 aliphatic rings. The number of amides is 4. The van der Waals surface area contributed by atoms with E-state index in [0.29, 0.717) is 43.7 Å². The number of carbonyl (C=O) groups excluding carboxylic acids is 3. The first-order chi connectivity index (χ1) is 13.1. The number of hydrogen-bond donors (Lipinski definition) is 1. The van der Waals surface area contributed by atoms with Crippen molar-refractivity contribution in [1.82, 2.24) is 10.2 Å². The maximum atomic E-state index is 12.7. The Bertz CT molecular complexity index is 892. The van der Waals surface area contributed by atoms with Crippen LogP contribution in [0.25, 0.3) is 6.08 Å². The minimum absolute atomic E-state index is 0.0700. The zero-order chi connectivity index (χ0) is 18.8. The van der Waals surface area contributed by atoms with Crippen LogP contribution in [0.4, 0.5) is 10.7 Å². The highest BCUT2D eigenvalue weighted by atomic mass is 16.5. The zero-order valence-corrected chi connectivity index (χ0v) is 14.3. The van der Waals surface area contributed by atoms with Crippen LogP contribution in [-0.2, 0) is 20.9 Å². The maximum absolute atomic E-state index is 12.7. The summed E-state index contributed by atoms with van der Waals surface area (Å²) >= 11 is 0. The first kappa shape index (κ1) is 17.1. The monoisotopic (exact) mass is 371 g/mol. The normalized spacial score (nSPS) is 19.7. The second-order valence-electron chi connectivity index (χ2n) is 6.06. The fourth-order valence-corrected chi connectivity index (χ4v) is 2.91. The molecule has 4 amide bonds. The summed E-state index contributed by atoms with van der Waals surface area (Å²) in [6.07, 6.45) is 2.78. The number of nitrogens with one attached hydrogen (secondary N) is 1. The average molecular weight is 371 g/mol. The molecule has 1 N–H and O–H groups in total. The van der Waals surface area contributed by atoms with Crippen LogP contribution in [0.1, 0.15) is 11.5 Å². The Morgan fingerprint density at radius 1 is 1.11 bits per heavy atom. The molecule has 0 bridgehead atoms. The van der Waals surface area contributed by atoms with Crippen LogP contribution < -0.4 is 10.2 Å². The van der Waals surface area contributed by atoms with Crippen molar-refractivity contribution in [1.29, 1.82) is 0 Å². The highest BCUT2D eigenvalue weighted by Crippen LogP contribution is 2.23. The van der Waals surface area contributed by atoms with Crippen molar-refractivity contribution in [2.24, 2.45) is 0 Å². The van der Waals surface area contributed by atoms with E-state index < -0.39 is 17.8 Å². The van der Waals surface area contributed by atoms with E-state index in [-0.39, 0.29) is 12.1 Å². The molecule has 2 fully saturated rings. The van der Waals surface area contributed by atoms with Crippen LogP contribution in [0.3, 0.4) is 0 Å². The third-order valence-corrected chi connectivity index (χ3v) is 4.30. The van der Waals surface area contributed by atoms with E-state index in [0.717, 1.165) is 4.90 Å². The first-order valence-corrected chi connectivity index (χ1v) is 8.45. The average Bonchev–Trinajstić information content (AvgIpc) is 3.35. The summed E-state index contributed by atoms with van der Waals surface area (Å²) in [4.78, 5) is 39.7. The van der Waals surface area contributed by atoms with Gasteiger partial charge in [-0.2, -0.15) is 0 Å². The summed E-state index contributed by atoms with van der Waals surface area (Å²) < 4.78 is 16.2. The van der Waals surface area contributed by atoms with Crippen LogP contribution >= 0.6 is 0 Å². The van der Waals surface area contributed by atoms with Crippen molar-refractivity contribution < 1.29 is 28.0 Å². The molecular weight excluding hydrogens is 354 g/mol. The number of nitrogens with zero attached hydrogens (tertiary/aromatic N) is 2. The molecule has 0 atom stereocenters. The van der Waals surface area contributed by atoms with Crippen molar-refractivity contribution in [3.63, 3.8) is 0 Å². The Kier molecular flexibility index (Phi) is 4.51. The quantitative estimate of drug-likeness (QED) is 0.639. The number of imide groups is 2. The van der Waals surface area contributed by atoms with Crippen LogP contribution in [0.15, 0.2) is 44.9 Å². The van der Waals surface area contributed by atoms with Gasteiger partial charge in [-0.1, -0.05) is 0 Å². The van der Waals surface area contributed by atoms with Gasteiger partial charge in [-0.15, -0.1) is 0 Å². The highest BCUT2D eigenvalue weighted by molar-refractivity contribution is 6.30. The number of furan rings is 2. The molecule has 9 nitrogen and oxygen atoms in total. The van der Waals surface area contributed by atoms with E-state index in [9.17, 15) is 14.4 Å². The van der Waals surface area contributed by atoms with Gasteiger partial charge in [0.1, 0.15) is 17.1 Å². The Morgan fingerprint density at radius 3 is 2.67 bits per heavy atom. The van der Waals surface area contributed by atoms with Crippen LogP contribution in [0.2, 0.25) is 0 Å². The number of morpholine rings is 1. The molecule has 0 spiro atoms. The summed E-state index contributed by atoms with van der Waals surface area (Å²) in [7, 11) is 0. The molecule has 0 aliphatic carbocycles. The molecule has 0 unspecified atom stereocenters. The van der Waals surface area contributed by atoms with Gasteiger partial charge in [-0.25, -0.2) is 4.79 Å². The van der Waals surface area contributed by atoms with Gasteiger partial charge >= 0.3 is 6.03 Å². The van der Waals surface area contributed by atoms with Crippen molar-refractivity contribution in [3.8, 4) is 0 Å². The van der Waals surface area contributed by atoms with E-state index in [1.54, 1.807) is 24.3 Å². The Morgan fingerprint density at radius 2 is 1.93 bits per heavy atom. The molecule has 2 aliphatic heterocycles. The summed E-state index contributed by atoms with van der Waals surface area (Å²) in [5.74, 6) is -0.0473. The zero-order valence-electron chi connectivity index (χ0n) is 14.3. The predicted molar refractivity (Wildman–Crippen MR) is 92.5 cm³/mol. The lowest BCUT2D eigenvalue weighted by molar-refractivity contribution is -0.130. The highest BCUT2D eigenvalue weighted by Gasteiger charge is 2.36. The van der Waals surface area contributed by atoms with E-state index in [1.165, 1.54) is 12.3 Å². The van der Waals surface area contributed by atoms with Crippen molar-refractivity contribution in [3.05, 3.63) is 47.6 Å². The molecule has 2 aromatic rings. The molecule has 2 saturated heterocycles. The van der Waals surface area contributed by atoms with Crippen molar-refractivity contribution >= 4 is 29.8 Å². The van der Waals surface area contributed by atoms with Gasteiger partial charge in [-0.05, 0) is 24.3 Å². The second-order valence-corrected chi connectivity index (χ2v) is 6.06.